The number of benzene rings is 1. The number of halogens is 1. The lowest BCUT2D eigenvalue weighted by Crippen LogP contribution is -2.34. The van der Waals surface area contributed by atoms with Gasteiger partial charge in [-0.15, -0.1) is 0 Å². The van der Waals surface area contributed by atoms with Gasteiger partial charge in [-0.2, -0.15) is 4.39 Å². The zero-order valence-electron chi connectivity index (χ0n) is 19.6. The molecular weight excluding hydrogens is 399 g/mol. The molecule has 1 aromatic carbocycles. The summed E-state index contributed by atoms with van der Waals surface area (Å²) in [5, 5.41) is 1.28. The van der Waals surface area contributed by atoms with Crippen molar-refractivity contribution in [3.63, 3.8) is 0 Å². The minimum Gasteiger partial charge on any atom is -0.350 e. The van der Waals surface area contributed by atoms with Crippen molar-refractivity contribution < 1.29 is 4.39 Å². The number of nitrogens with zero attached hydrogens (tertiary/aromatic N) is 4. The van der Waals surface area contributed by atoms with Crippen LogP contribution < -0.4 is 0 Å². The molecule has 0 bridgehead atoms. The summed E-state index contributed by atoms with van der Waals surface area (Å²) in [5.74, 6) is -0.354. The van der Waals surface area contributed by atoms with Crippen LogP contribution in [0.25, 0.3) is 10.9 Å². The average molecular weight is 437 g/mol. The van der Waals surface area contributed by atoms with Gasteiger partial charge in [0.25, 0.3) is 0 Å². The SMILES string of the molecule is CN(CCCCN(Cc1cccnc1F)Cc1cn(C)c2ccccc12)C1CCCCC1. The van der Waals surface area contributed by atoms with Crippen LogP contribution in [0.4, 0.5) is 4.39 Å². The summed E-state index contributed by atoms with van der Waals surface area (Å²) in [6.45, 7) is 3.50. The van der Waals surface area contributed by atoms with E-state index in [1.807, 2.05) is 12.1 Å². The predicted molar refractivity (Wildman–Crippen MR) is 130 cm³/mol. The van der Waals surface area contributed by atoms with E-state index in [9.17, 15) is 4.39 Å². The fourth-order valence-electron chi connectivity index (χ4n) is 5.19. The summed E-state index contributed by atoms with van der Waals surface area (Å²) in [6, 6.07) is 13.0. The minimum absolute atomic E-state index is 0.354. The van der Waals surface area contributed by atoms with Gasteiger partial charge in [-0.05, 0) is 63.5 Å². The molecule has 1 aliphatic rings. The molecule has 0 radical (unpaired) electrons. The van der Waals surface area contributed by atoms with E-state index in [-0.39, 0.29) is 5.95 Å². The van der Waals surface area contributed by atoms with E-state index in [0.717, 1.165) is 32.1 Å². The van der Waals surface area contributed by atoms with Crippen molar-refractivity contribution in [3.8, 4) is 0 Å². The Hall–Kier alpha value is -2.24. The molecule has 0 amide bonds. The van der Waals surface area contributed by atoms with Gasteiger partial charge in [-0.3, -0.25) is 4.90 Å². The Morgan fingerprint density at radius 3 is 2.53 bits per heavy atom. The molecule has 1 saturated carbocycles. The minimum atomic E-state index is -0.354. The van der Waals surface area contributed by atoms with Gasteiger partial charge in [0.15, 0.2) is 0 Å². The number of aromatic nitrogens is 2. The molecule has 1 fully saturated rings. The van der Waals surface area contributed by atoms with Gasteiger partial charge in [-0.25, -0.2) is 4.98 Å². The maximum atomic E-state index is 14.3. The molecule has 5 heteroatoms. The molecule has 0 atom stereocenters. The molecule has 2 aromatic heterocycles. The Balaban J connectivity index is 1.40. The molecule has 3 aromatic rings. The van der Waals surface area contributed by atoms with Gasteiger partial charge in [0, 0.05) is 55.0 Å². The molecule has 2 heterocycles. The van der Waals surface area contributed by atoms with Gasteiger partial charge in [0.1, 0.15) is 0 Å². The van der Waals surface area contributed by atoms with Crippen molar-refractivity contribution in [2.45, 2.75) is 64.1 Å². The normalized spacial score (nSPS) is 15.3. The molecule has 1 aliphatic carbocycles. The van der Waals surface area contributed by atoms with Crippen LogP contribution >= 0.6 is 0 Å². The van der Waals surface area contributed by atoms with Crippen molar-refractivity contribution in [2.75, 3.05) is 20.1 Å². The molecule has 0 unspecified atom stereocenters. The van der Waals surface area contributed by atoms with Crippen molar-refractivity contribution >= 4 is 10.9 Å². The monoisotopic (exact) mass is 436 g/mol. The highest BCUT2D eigenvalue weighted by Crippen LogP contribution is 2.24. The largest absolute Gasteiger partial charge is 0.350 e. The summed E-state index contributed by atoms with van der Waals surface area (Å²) >= 11 is 0. The Labute approximate surface area is 192 Å². The summed E-state index contributed by atoms with van der Waals surface area (Å²) < 4.78 is 16.5. The van der Waals surface area contributed by atoms with Crippen molar-refractivity contribution in [3.05, 3.63) is 65.9 Å². The number of pyridine rings is 1. The summed E-state index contributed by atoms with van der Waals surface area (Å²) in [6.07, 6.45) is 12.9. The number of aryl methyl sites for hydroxylation is 1. The van der Waals surface area contributed by atoms with Gasteiger partial charge >= 0.3 is 0 Å². The van der Waals surface area contributed by atoms with E-state index in [1.165, 1.54) is 61.2 Å². The second kappa shape index (κ2) is 11.1. The highest BCUT2D eigenvalue weighted by atomic mass is 19.1. The lowest BCUT2D eigenvalue weighted by atomic mass is 9.94. The van der Waals surface area contributed by atoms with Crippen LogP contribution in [0.15, 0.2) is 48.8 Å². The molecule has 0 spiro atoms. The van der Waals surface area contributed by atoms with Gasteiger partial charge < -0.3 is 9.47 Å². The van der Waals surface area contributed by atoms with Crippen LogP contribution in [-0.4, -0.2) is 45.5 Å². The number of rotatable bonds is 10. The van der Waals surface area contributed by atoms with E-state index in [0.29, 0.717) is 12.1 Å². The van der Waals surface area contributed by atoms with E-state index in [1.54, 1.807) is 0 Å². The zero-order valence-corrected chi connectivity index (χ0v) is 19.6. The van der Waals surface area contributed by atoms with E-state index >= 15 is 0 Å². The first kappa shape index (κ1) is 22.9. The molecule has 0 N–H and O–H groups in total. The van der Waals surface area contributed by atoms with Crippen molar-refractivity contribution in [1.82, 2.24) is 19.4 Å². The Kier molecular flexibility index (Phi) is 7.93. The van der Waals surface area contributed by atoms with E-state index < -0.39 is 0 Å². The maximum Gasteiger partial charge on any atom is 0.217 e. The Morgan fingerprint density at radius 1 is 0.969 bits per heavy atom. The summed E-state index contributed by atoms with van der Waals surface area (Å²) in [7, 11) is 4.38. The maximum absolute atomic E-state index is 14.3. The summed E-state index contributed by atoms with van der Waals surface area (Å²) in [4.78, 5) is 8.80. The fourth-order valence-corrected chi connectivity index (χ4v) is 5.19. The molecule has 0 aliphatic heterocycles. The highest BCUT2D eigenvalue weighted by Gasteiger charge is 2.18. The van der Waals surface area contributed by atoms with Crippen LogP contribution in [0.5, 0.6) is 0 Å². The van der Waals surface area contributed by atoms with Crippen LogP contribution in [0.3, 0.4) is 0 Å². The lowest BCUT2D eigenvalue weighted by molar-refractivity contribution is 0.182. The predicted octanol–water partition coefficient (Wildman–Crippen LogP) is 5.76. The Morgan fingerprint density at radius 2 is 1.72 bits per heavy atom. The first-order valence-corrected chi connectivity index (χ1v) is 12.2. The van der Waals surface area contributed by atoms with E-state index in [4.69, 9.17) is 0 Å². The quantitative estimate of drug-likeness (QED) is 0.298. The van der Waals surface area contributed by atoms with Crippen LogP contribution in [0, 0.1) is 5.95 Å². The molecule has 4 rings (SSSR count). The Bertz CT molecular complexity index is 992. The number of hydrogen-bond acceptors (Lipinski definition) is 3. The highest BCUT2D eigenvalue weighted by molar-refractivity contribution is 5.83. The van der Waals surface area contributed by atoms with Crippen molar-refractivity contribution in [2.24, 2.45) is 7.05 Å². The van der Waals surface area contributed by atoms with Gasteiger partial charge in [-0.1, -0.05) is 43.5 Å². The molecule has 0 saturated heterocycles. The van der Waals surface area contributed by atoms with Gasteiger partial charge in [0.05, 0.1) is 0 Å². The lowest BCUT2D eigenvalue weighted by Gasteiger charge is -2.31. The number of fused-ring (bicyclic) bond motifs is 1. The van der Waals surface area contributed by atoms with E-state index in [2.05, 4.69) is 63.9 Å². The average Bonchev–Trinajstić information content (AvgIpc) is 3.14. The zero-order chi connectivity index (χ0) is 22.3. The molecular formula is C27H37FN4. The second-order valence-corrected chi connectivity index (χ2v) is 9.43. The third kappa shape index (κ3) is 5.76. The van der Waals surface area contributed by atoms with Crippen molar-refractivity contribution in [1.29, 1.82) is 0 Å². The second-order valence-electron chi connectivity index (χ2n) is 9.43. The van der Waals surface area contributed by atoms with Gasteiger partial charge in [0.2, 0.25) is 5.95 Å². The number of para-hydroxylation sites is 1. The third-order valence-corrected chi connectivity index (χ3v) is 7.04. The number of unbranched alkanes of at least 4 members (excludes halogenated alkanes) is 1. The number of hydrogen-bond donors (Lipinski definition) is 0. The van der Waals surface area contributed by atoms with Crippen LogP contribution in [-0.2, 0) is 20.1 Å². The smallest absolute Gasteiger partial charge is 0.217 e. The first-order chi connectivity index (χ1) is 15.6. The van der Waals surface area contributed by atoms with Crippen LogP contribution in [0.2, 0.25) is 0 Å². The standard InChI is InChI=1S/C27H37FN4/c1-30(24-12-4-3-5-13-24)17-8-9-18-32(20-22-11-10-16-29-27(22)28)21-23-19-31(2)26-15-7-6-14-25(23)26/h6-7,10-11,14-16,19,24H,3-5,8-9,12-13,17-18,20-21H2,1-2H3. The molecule has 32 heavy (non-hydrogen) atoms. The molecule has 4 nitrogen and oxygen atoms in total. The van der Waals surface area contributed by atoms with Crippen LogP contribution in [0.1, 0.15) is 56.1 Å². The summed E-state index contributed by atoms with van der Waals surface area (Å²) in [5.41, 5.74) is 3.21. The molecule has 172 valence electrons. The first-order valence-electron chi connectivity index (χ1n) is 12.2. The fraction of sp³-hybridized carbons (Fsp3) is 0.519. The topological polar surface area (TPSA) is 24.3 Å². The third-order valence-electron chi connectivity index (χ3n) is 7.04.